The molecule has 0 amide bonds. The standard InChI is InChI=1S/C5H9NO3/c6-4-1-5(8,2-4)9-3-7/h3-4,8H,1-2,6H2. The predicted octanol–water partition coefficient (Wildman–Crippen LogP) is -1.03. The molecular formula is C5H9NO3. The lowest BCUT2D eigenvalue weighted by molar-refractivity contribution is -0.233. The van der Waals surface area contributed by atoms with Crippen LogP contribution in [0.3, 0.4) is 0 Å². The molecule has 0 bridgehead atoms. The average molecular weight is 131 g/mol. The van der Waals surface area contributed by atoms with Crippen molar-refractivity contribution in [1.29, 1.82) is 0 Å². The van der Waals surface area contributed by atoms with E-state index in [0.29, 0.717) is 12.8 Å². The molecule has 4 nitrogen and oxygen atoms in total. The molecule has 52 valence electrons. The smallest absolute Gasteiger partial charge is 0.295 e. The van der Waals surface area contributed by atoms with Crippen molar-refractivity contribution in [2.24, 2.45) is 5.73 Å². The second kappa shape index (κ2) is 1.97. The maximum atomic E-state index is 9.70. The molecular weight excluding hydrogens is 122 g/mol. The zero-order valence-electron chi connectivity index (χ0n) is 4.91. The van der Waals surface area contributed by atoms with Crippen molar-refractivity contribution < 1.29 is 14.6 Å². The van der Waals surface area contributed by atoms with Crippen molar-refractivity contribution in [3.63, 3.8) is 0 Å². The van der Waals surface area contributed by atoms with Gasteiger partial charge in [-0.05, 0) is 0 Å². The number of nitrogens with two attached hydrogens (primary N) is 1. The average Bonchev–Trinajstić information content (AvgIpc) is 1.62. The number of rotatable bonds is 2. The van der Waals surface area contributed by atoms with Gasteiger partial charge in [0, 0.05) is 18.9 Å². The Balaban J connectivity index is 2.31. The van der Waals surface area contributed by atoms with Crippen LogP contribution < -0.4 is 5.73 Å². The topological polar surface area (TPSA) is 72.6 Å². The molecule has 0 aromatic rings. The van der Waals surface area contributed by atoms with Gasteiger partial charge in [0.2, 0.25) is 5.79 Å². The Hall–Kier alpha value is -0.610. The molecule has 4 heteroatoms. The van der Waals surface area contributed by atoms with Gasteiger partial charge < -0.3 is 15.6 Å². The van der Waals surface area contributed by atoms with Crippen molar-refractivity contribution >= 4 is 6.47 Å². The largest absolute Gasteiger partial charge is 0.435 e. The highest BCUT2D eigenvalue weighted by molar-refractivity contribution is 5.38. The van der Waals surface area contributed by atoms with E-state index >= 15 is 0 Å². The van der Waals surface area contributed by atoms with Gasteiger partial charge in [-0.15, -0.1) is 0 Å². The number of ether oxygens (including phenoxy) is 1. The van der Waals surface area contributed by atoms with Crippen LogP contribution in [0.5, 0.6) is 0 Å². The van der Waals surface area contributed by atoms with Crippen LogP contribution in [0, 0.1) is 0 Å². The summed E-state index contributed by atoms with van der Waals surface area (Å²) in [6.45, 7) is 0.242. The van der Waals surface area contributed by atoms with Gasteiger partial charge in [-0.2, -0.15) is 0 Å². The first-order valence-corrected chi connectivity index (χ1v) is 2.76. The van der Waals surface area contributed by atoms with E-state index in [1.54, 1.807) is 0 Å². The summed E-state index contributed by atoms with van der Waals surface area (Å²) in [6, 6.07) is -0.0186. The maximum Gasteiger partial charge on any atom is 0.295 e. The minimum Gasteiger partial charge on any atom is -0.435 e. The highest BCUT2D eigenvalue weighted by Gasteiger charge is 2.42. The summed E-state index contributed by atoms with van der Waals surface area (Å²) < 4.78 is 4.33. The highest BCUT2D eigenvalue weighted by atomic mass is 16.6. The van der Waals surface area contributed by atoms with Crippen molar-refractivity contribution in [2.45, 2.75) is 24.7 Å². The number of carbonyl (C=O) groups is 1. The van der Waals surface area contributed by atoms with E-state index in [1.165, 1.54) is 0 Å². The Kier molecular flexibility index (Phi) is 1.42. The third-order valence-corrected chi connectivity index (χ3v) is 1.43. The van der Waals surface area contributed by atoms with Gasteiger partial charge in [-0.1, -0.05) is 0 Å². The van der Waals surface area contributed by atoms with E-state index in [0.717, 1.165) is 0 Å². The second-order valence-corrected chi connectivity index (χ2v) is 2.33. The fraction of sp³-hybridized carbons (Fsp3) is 0.800. The lowest BCUT2D eigenvalue weighted by Crippen LogP contribution is -2.52. The van der Waals surface area contributed by atoms with Crippen LogP contribution in [-0.2, 0) is 9.53 Å². The molecule has 9 heavy (non-hydrogen) atoms. The van der Waals surface area contributed by atoms with Crippen LogP contribution in [-0.4, -0.2) is 23.4 Å². The Bertz CT molecular complexity index is 119. The molecule has 0 aliphatic heterocycles. The number of aliphatic hydroxyl groups is 1. The minimum absolute atomic E-state index is 0.0186. The van der Waals surface area contributed by atoms with Gasteiger partial charge in [0.05, 0.1) is 0 Å². The van der Waals surface area contributed by atoms with Crippen LogP contribution in [0.15, 0.2) is 0 Å². The summed E-state index contributed by atoms with van der Waals surface area (Å²) >= 11 is 0. The van der Waals surface area contributed by atoms with Gasteiger partial charge in [0.1, 0.15) is 0 Å². The molecule has 1 fully saturated rings. The number of hydrogen-bond acceptors (Lipinski definition) is 4. The normalized spacial score (nSPS) is 41.3. The quantitative estimate of drug-likeness (QED) is 0.371. The van der Waals surface area contributed by atoms with Crippen molar-refractivity contribution in [3.05, 3.63) is 0 Å². The molecule has 0 spiro atoms. The molecule has 1 saturated carbocycles. The maximum absolute atomic E-state index is 9.70. The number of hydrogen-bond donors (Lipinski definition) is 2. The van der Waals surface area contributed by atoms with Gasteiger partial charge in [0.15, 0.2) is 0 Å². The van der Waals surface area contributed by atoms with Gasteiger partial charge in [0.25, 0.3) is 6.47 Å². The summed E-state index contributed by atoms with van der Waals surface area (Å²) in [6.07, 6.45) is 0.706. The van der Waals surface area contributed by atoms with Crippen molar-refractivity contribution in [1.82, 2.24) is 0 Å². The second-order valence-electron chi connectivity index (χ2n) is 2.33. The molecule has 0 aromatic heterocycles. The Morgan fingerprint density at radius 3 is 2.67 bits per heavy atom. The molecule has 1 rings (SSSR count). The minimum atomic E-state index is -1.25. The molecule has 1 aliphatic carbocycles. The fourth-order valence-electron chi connectivity index (χ4n) is 0.945. The Morgan fingerprint density at radius 2 is 2.33 bits per heavy atom. The van der Waals surface area contributed by atoms with E-state index < -0.39 is 5.79 Å². The van der Waals surface area contributed by atoms with E-state index in [9.17, 15) is 4.79 Å². The van der Waals surface area contributed by atoms with E-state index in [-0.39, 0.29) is 12.5 Å². The predicted molar refractivity (Wildman–Crippen MR) is 29.3 cm³/mol. The summed E-state index contributed by atoms with van der Waals surface area (Å²) in [7, 11) is 0. The SMILES string of the molecule is NC1CC(O)(OC=O)C1. The van der Waals surface area contributed by atoms with Crippen LogP contribution in [0.4, 0.5) is 0 Å². The summed E-state index contributed by atoms with van der Waals surface area (Å²) in [5, 5.41) is 9.05. The first-order valence-electron chi connectivity index (χ1n) is 2.76. The van der Waals surface area contributed by atoms with E-state index in [4.69, 9.17) is 10.8 Å². The monoisotopic (exact) mass is 131 g/mol. The van der Waals surface area contributed by atoms with Crippen LogP contribution in [0.2, 0.25) is 0 Å². The van der Waals surface area contributed by atoms with Gasteiger partial charge >= 0.3 is 0 Å². The third kappa shape index (κ3) is 1.20. The highest BCUT2D eigenvalue weighted by Crippen LogP contribution is 2.30. The zero-order chi connectivity index (χ0) is 6.91. The lowest BCUT2D eigenvalue weighted by atomic mass is 9.86. The first-order chi connectivity index (χ1) is 4.16. The summed E-state index contributed by atoms with van der Waals surface area (Å²) in [5.74, 6) is -1.25. The van der Waals surface area contributed by atoms with E-state index in [1.807, 2.05) is 0 Å². The van der Waals surface area contributed by atoms with Crippen LogP contribution in [0.25, 0.3) is 0 Å². The molecule has 0 radical (unpaired) electrons. The molecule has 0 atom stereocenters. The van der Waals surface area contributed by atoms with Gasteiger partial charge in [-0.3, -0.25) is 4.79 Å². The Labute approximate surface area is 52.6 Å². The molecule has 0 unspecified atom stereocenters. The fourth-order valence-corrected chi connectivity index (χ4v) is 0.945. The number of carbonyl (C=O) groups excluding carboxylic acids is 1. The van der Waals surface area contributed by atoms with Crippen LogP contribution >= 0.6 is 0 Å². The van der Waals surface area contributed by atoms with Crippen molar-refractivity contribution in [2.75, 3.05) is 0 Å². The first kappa shape index (κ1) is 6.51. The third-order valence-electron chi connectivity index (χ3n) is 1.43. The Morgan fingerprint density at radius 1 is 1.78 bits per heavy atom. The van der Waals surface area contributed by atoms with Crippen LogP contribution in [0.1, 0.15) is 12.8 Å². The summed E-state index contributed by atoms with van der Waals surface area (Å²) in [5.41, 5.74) is 5.33. The lowest BCUT2D eigenvalue weighted by Gasteiger charge is -2.38. The zero-order valence-corrected chi connectivity index (χ0v) is 4.91. The molecule has 1 aliphatic rings. The molecule has 0 saturated heterocycles. The van der Waals surface area contributed by atoms with Gasteiger partial charge in [-0.25, -0.2) is 0 Å². The van der Waals surface area contributed by atoms with E-state index in [2.05, 4.69) is 4.74 Å². The molecule has 0 aromatic carbocycles. The summed E-state index contributed by atoms with van der Waals surface area (Å²) in [4.78, 5) is 9.70. The molecule has 0 heterocycles. The molecule has 3 N–H and O–H groups in total. The van der Waals surface area contributed by atoms with Crippen molar-refractivity contribution in [3.8, 4) is 0 Å².